The lowest BCUT2D eigenvalue weighted by molar-refractivity contribution is 0.0607. The first-order valence-corrected chi connectivity index (χ1v) is 6.58. The Morgan fingerprint density at radius 3 is 2.70 bits per heavy atom. The Morgan fingerprint density at radius 1 is 1.30 bits per heavy atom. The number of thiophene rings is 1. The summed E-state index contributed by atoms with van der Waals surface area (Å²) in [5.41, 5.74) is 0.499. The average Bonchev–Trinajstić information content (AvgIpc) is 2.85. The summed E-state index contributed by atoms with van der Waals surface area (Å²) in [4.78, 5) is 38.0. The largest absolute Gasteiger partial charge is 0.465 e. The maximum Gasteiger partial charge on any atom is 0.350 e. The van der Waals surface area contributed by atoms with Crippen LogP contribution in [0.15, 0.2) is 28.4 Å². The van der Waals surface area contributed by atoms with E-state index in [0.717, 1.165) is 11.3 Å². The van der Waals surface area contributed by atoms with E-state index in [1.54, 1.807) is 24.4 Å². The molecule has 0 bridgehead atoms. The minimum Gasteiger partial charge on any atom is -0.465 e. The van der Waals surface area contributed by atoms with E-state index >= 15 is 0 Å². The molecule has 2 N–H and O–H groups in total. The van der Waals surface area contributed by atoms with Crippen LogP contribution >= 0.6 is 11.3 Å². The van der Waals surface area contributed by atoms with Crippen molar-refractivity contribution in [3.05, 3.63) is 50.1 Å². The number of rotatable bonds is 3. The highest BCUT2D eigenvalue weighted by atomic mass is 32.1. The van der Waals surface area contributed by atoms with Crippen LogP contribution in [-0.2, 0) is 4.74 Å². The van der Waals surface area contributed by atoms with Crippen LogP contribution in [0.5, 0.6) is 0 Å². The van der Waals surface area contributed by atoms with Crippen molar-refractivity contribution < 1.29 is 14.3 Å². The van der Waals surface area contributed by atoms with Crippen molar-refractivity contribution >= 4 is 28.9 Å². The molecule has 0 spiro atoms. The van der Waals surface area contributed by atoms with Gasteiger partial charge in [-0.15, -0.1) is 11.3 Å². The second-order valence-electron chi connectivity index (χ2n) is 3.99. The van der Waals surface area contributed by atoms with Crippen LogP contribution in [0.1, 0.15) is 25.7 Å². The van der Waals surface area contributed by atoms with Gasteiger partial charge in [0.1, 0.15) is 10.4 Å². The monoisotopic (exact) mass is 292 g/mol. The summed E-state index contributed by atoms with van der Waals surface area (Å²) < 4.78 is 4.61. The molecule has 20 heavy (non-hydrogen) atoms. The summed E-state index contributed by atoms with van der Waals surface area (Å²) in [6.07, 6.45) is 0. The number of nitrogens with one attached hydrogen (secondary N) is 2. The first kappa shape index (κ1) is 14.0. The van der Waals surface area contributed by atoms with E-state index < -0.39 is 17.4 Å². The van der Waals surface area contributed by atoms with Gasteiger partial charge in [0, 0.05) is 5.69 Å². The first-order chi connectivity index (χ1) is 9.52. The molecule has 0 aliphatic carbocycles. The number of aryl methyl sites for hydroxylation is 1. The van der Waals surface area contributed by atoms with Crippen molar-refractivity contribution in [3.8, 4) is 0 Å². The number of carbonyl (C=O) groups is 2. The molecule has 0 fully saturated rings. The molecule has 6 nitrogen and oxygen atoms in total. The normalized spacial score (nSPS) is 10.1. The van der Waals surface area contributed by atoms with Crippen LogP contribution in [0.4, 0.5) is 5.69 Å². The maximum atomic E-state index is 12.0. The van der Waals surface area contributed by atoms with Crippen LogP contribution in [-0.4, -0.2) is 24.0 Å². The Balaban J connectivity index is 2.26. The molecule has 0 atom stereocenters. The van der Waals surface area contributed by atoms with Gasteiger partial charge in [-0.2, -0.15) is 0 Å². The Hall–Kier alpha value is -2.41. The van der Waals surface area contributed by atoms with Crippen LogP contribution in [0, 0.1) is 6.92 Å². The zero-order valence-corrected chi connectivity index (χ0v) is 11.7. The second kappa shape index (κ2) is 5.70. The van der Waals surface area contributed by atoms with Gasteiger partial charge in [-0.3, -0.25) is 9.59 Å². The number of pyridine rings is 1. The van der Waals surface area contributed by atoms with Crippen molar-refractivity contribution in [1.82, 2.24) is 4.98 Å². The number of aromatic nitrogens is 1. The Kier molecular flexibility index (Phi) is 3.99. The third kappa shape index (κ3) is 2.77. The zero-order valence-electron chi connectivity index (χ0n) is 10.9. The molecule has 104 valence electrons. The Labute approximate surface area is 118 Å². The van der Waals surface area contributed by atoms with Crippen LogP contribution in [0.3, 0.4) is 0 Å². The van der Waals surface area contributed by atoms with Gasteiger partial charge in [-0.05, 0) is 30.5 Å². The summed E-state index contributed by atoms with van der Waals surface area (Å²) in [7, 11) is 1.26. The molecule has 0 saturated carbocycles. The highest BCUT2D eigenvalue weighted by Gasteiger charge is 2.17. The summed E-state index contributed by atoms with van der Waals surface area (Å²) >= 11 is 1.15. The Morgan fingerprint density at radius 2 is 2.05 bits per heavy atom. The van der Waals surface area contributed by atoms with E-state index in [0.29, 0.717) is 11.4 Å². The number of methoxy groups -OCH3 is 1. The van der Waals surface area contributed by atoms with Gasteiger partial charge >= 0.3 is 5.97 Å². The predicted octanol–water partition coefficient (Wildman–Crippen LogP) is 1.78. The number of H-pyrrole nitrogens is 1. The lowest BCUT2D eigenvalue weighted by Crippen LogP contribution is -2.23. The molecule has 0 radical (unpaired) electrons. The molecular formula is C13H12N2O4S. The van der Waals surface area contributed by atoms with E-state index in [1.807, 2.05) is 0 Å². The summed E-state index contributed by atoms with van der Waals surface area (Å²) in [5, 5.41) is 4.19. The molecule has 2 aromatic rings. The molecule has 7 heteroatoms. The third-order valence-corrected chi connectivity index (χ3v) is 3.48. The number of aromatic amines is 1. The van der Waals surface area contributed by atoms with Crippen LogP contribution < -0.4 is 10.9 Å². The number of hydrogen-bond donors (Lipinski definition) is 2. The molecule has 2 heterocycles. The van der Waals surface area contributed by atoms with Gasteiger partial charge in [0.05, 0.1) is 12.8 Å². The van der Waals surface area contributed by atoms with Crippen molar-refractivity contribution in [2.75, 3.05) is 12.4 Å². The van der Waals surface area contributed by atoms with E-state index in [9.17, 15) is 14.4 Å². The minimum atomic E-state index is -0.574. The van der Waals surface area contributed by atoms with Gasteiger partial charge in [0.2, 0.25) is 0 Å². The first-order valence-electron chi connectivity index (χ1n) is 5.70. The molecule has 1 amide bonds. The molecule has 0 aromatic carbocycles. The van der Waals surface area contributed by atoms with Gasteiger partial charge < -0.3 is 15.0 Å². The number of carbonyl (C=O) groups excluding carboxylic acids is 2. The molecule has 0 aliphatic heterocycles. The van der Waals surface area contributed by atoms with Gasteiger partial charge in [-0.25, -0.2) is 4.79 Å². The lowest BCUT2D eigenvalue weighted by atomic mass is 10.2. The quantitative estimate of drug-likeness (QED) is 0.844. The topological polar surface area (TPSA) is 88.3 Å². The minimum absolute atomic E-state index is 0.0161. The highest BCUT2D eigenvalue weighted by molar-refractivity contribution is 7.12. The highest BCUT2D eigenvalue weighted by Crippen LogP contribution is 2.23. The molecule has 0 aliphatic rings. The zero-order chi connectivity index (χ0) is 14.7. The van der Waals surface area contributed by atoms with Crippen LogP contribution in [0.2, 0.25) is 0 Å². The molecule has 0 unspecified atom stereocenters. The van der Waals surface area contributed by atoms with Gasteiger partial charge in [0.25, 0.3) is 11.5 Å². The van der Waals surface area contributed by atoms with E-state index in [-0.39, 0.29) is 10.4 Å². The third-order valence-electron chi connectivity index (χ3n) is 2.58. The fraction of sp³-hybridized carbons (Fsp3) is 0.154. The maximum absolute atomic E-state index is 12.0. The number of amides is 1. The fourth-order valence-corrected chi connectivity index (χ4v) is 2.36. The lowest BCUT2D eigenvalue weighted by Gasteiger charge is -2.05. The van der Waals surface area contributed by atoms with E-state index in [2.05, 4.69) is 15.0 Å². The van der Waals surface area contributed by atoms with Crippen LogP contribution in [0.25, 0.3) is 0 Å². The van der Waals surface area contributed by atoms with Crippen molar-refractivity contribution in [3.63, 3.8) is 0 Å². The number of anilines is 1. The van der Waals surface area contributed by atoms with Gasteiger partial charge in [-0.1, -0.05) is 0 Å². The second-order valence-corrected chi connectivity index (χ2v) is 4.91. The average molecular weight is 292 g/mol. The molecule has 0 saturated heterocycles. The summed E-state index contributed by atoms with van der Waals surface area (Å²) in [6.45, 7) is 1.72. The van der Waals surface area contributed by atoms with E-state index in [1.165, 1.54) is 13.2 Å². The smallest absolute Gasteiger partial charge is 0.350 e. The molecular weight excluding hydrogens is 280 g/mol. The summed E-state index contributed by atoms with van der Waals surface area (Å²) in [6, 6.07) is 4.65. The number of hydrogen-bond acceptors (Lipinski definition) is 5. The fourth-order valence-electron chi connectivity index (χ4n) is 1.60. The SMILES string of the molecule is COC(=O)c1sccc1NC(=O)c1ccc(C)[nH]c1=O. The molecule has 2 aromatic heterocycles. The number of ether oxygens (including phenoxy) is 1. The standard InChI is InChI=1S/C13H12N2O4S/c1-7-3-4-8(11(16)14-7)12(17)15-9-5-6-20-10(9)13(18)19-2/h3-6H,1-2H3,(H,14,16)(H,15,17). The summed E-state index contributed by atoms with van der Waals surface area (Å²) in [5.74, 6) is -1.11. The molecule has 2 rings (SSSR count). The van der Waals surface area contributed by atoms with Crippen molar-refractivity contribution in [2.45, 2.75) is 6.92 Å². The van der Waals surface area contributed by atoms with E-state index in [4.69, 9.17) is 0 Å². The van der Waals surface area contributed by atoms with Gasteiger partial charge in [0.15, 0.2) is 0 Å². The number of esters is 1. The Bertz CT molecular complexity index is 717. The van der Waals surface area contributed by atoms with Crippen molar-refractivity contribution in [1.29, 1.82) is 0 Å². The predicted molar refractivity (Wildman–Crippen MR) is 75.4 cm³/mol. The van der Waals surface area contributed by atoms with Crippen molar-refractivity contribution in [2.24, 2.45) is 0 Å².